The number of amides is 2. The summed E-state index contributed by atoms with van der Waals surface area (Å²) in [6.07, 6.45) is 1.52. The van der Waals surface area contributed by atoms with Crippen molar-refractivity contribution >= 4 is 50.6 Å². The van der Waals surface area contributed by atoms with Crippen LogP contribution in [0.3, 0.4) is 0 Å². The molecule has 0 bridgehead atoms. The molecule has 1 aliphatic rings. The molecule has 10 heteroatoms. The van der Waals surface area contributed by atoms with E-state index in [1.165, 1.54) is 30.3 Å². The van der Waals surface area contributed by atoms with Crippen LogP contribution in [-0.4, -0.2) is 21.0 Å². The van der Waals surface area contributed by atoms with E-state index in [1.807, 2.05) is 0 Å². The van der Waals surface area contributed by atoms with Crippen molar-refractivity contribution in [3.8, 4) is 5.75 Å². The predicted octanol–water partition coefficient (Wildman–Crippen LogP) is 6.31. The van der Waals surface area contributed by atoms with Crippen molar-refractivity contribution in [1.82, 2.24) is 4.90 Å². The molecule has 0 radical (unpaired) electrons. The Labute approximate surface area is 206 Å². The largest absolute Gasteiger partial charge is 0.488 e. The molecule has 3 aromatic carbocycles. The maximum absolute atomic E-state index is 13.9. The van der Waals surface area contributed by atoms with E-state index in [0.717, 1.165) is 21.1 Å². The number of carbonyl (C=O) groups is 2. The first-order chi connectivity index (χ1) is 16.3. The van der Waals surface area contributed by atoms with Crippen LogP contribution in [0.5, 0.6) is 5.75 Å². The van der Waals surface area contributed by atoms with Crippen molar-refractivity contribution in [2.24, 2.45) is 0 Å². The number of benzene rings is 3. The highest BCUT2D eigenvalue weighted by Gasteiger charge is 2.36. The summed E-state index contributed by atoms with van der Waals surface area (Å²) >= 11 is 4.12. The smallest absolute Gasteiger partial charge is 0.293 e. The van der Waals surface area contributed by atoms with Crippen molar-refractivity contribution in [1.29, 1.82) is 0 Å². The quantitative estimate of drug-likeness (QED) is 0.197. The molecule has 0 saturated carbocycles. The monoisotopic (exact) mass is 542 g/mol. The zero-order valence-corrected chi connectivity index (χ0v) is 19.8. The van der Waals surface area contributed by atoms with E-state index >= 15 is 0 Å². The van der Waals surface area contributed by atoms with Crippen LogP contribution in [0.25, 0.3) is 6.08 Å². The van der Waals surface area contributed by atoms with Crippen LogP contribution in [-0.2, 0) is 17.9 Å². The van der Waals surface area contributed by atoms with Gasteiger partial charge in [-0.25, -0.2) is 4.39 Å². The van der Waals surface area contributed by atoms with Crippen LogP contribution in [0.1, 0.15) is 16.7 Å². The molecule has 34 heavy (non-hydrogen) atoms. The number of thioether (sulfide) groups is 1. The van der Waals surface area contributed by atoms with Gasteiger partial charge in [0.15, 0.2) is 0 Å². The maximum Gasteiger partial charge on any atom is 0.293 e. The summed E-state index contributed by atoms with van der Waals surface area (Å²) in [5.74, 6) is -0.553. The first kappa shape index (κ1) is 23.7. The van der Waals surface area contributed by atoms with Gasteiger partial charge in [0.25, 0.3) is 16.8 Å². The van der Waals surface area contributed by atoms with E-state index in [9.17, 15) is 24.1 Å². The van der Waals surface area contributed by atoms with Crippen molar-refractivity contribution in [2.75, 3.05) is 0 Å². The highest BCUT2D eigenvalue weighted by Crippen LogP contribution is 2.36. The van der Waals surface area contributed by atoms with E-state index in [2.05, 4.69) is 15.9 Å². The predicted molar refractivity (Wildman–Crippen MR) is 129 cm³/mol. The van der Waals surface area contributed by atoms with Gasteiger partial charge in [-0.3, -0.25) is 24.6 Å². The highest BCUT2D eigenvalue weighted by atomic mass is 79.9. The van der Waals surface area contributed by atoms with Crippen molar-refractivity contribution < 1.29 is 23.6 Å². The standard InChI is InChI=1S/C24H16BrFN2O5S/c25-18-9-10-21(33-14-16-6-1-3-7-19(16)26)17(11-18)12-22-23(29)27(24(30)34-22)13-15-5-2-4-8-20(15)28(31)32/h1-12H,13-14H2. The summed E-state index contributed by atoms with van der Waals surface area (Å²) in [5, 5.41) is 10.7. The zero-order valence-electron chi connectivity index (χ0n) is 17.4. The lowest BCUT2D eigenvalue weighted by molar-refractivity contribution is -0.385. The second-order valence-electron chi connectivity index (χ2n) is 7.22. The first-order valence-corrected chi connectivity index (χ1v) is 11.6. The Kier molecular flexibility index (Phi) is 7.09. The van der Waals surface area contributed by atoms with E-state index in [-0.39, 0.29) is 29.3 Å². The van der Waals surface area contributed by atoms with Gasteiger partial charge < -0.3 is 4.74 Å². The summed E-state index contributed by atoms with van der Waals surface area (Å²) < 4.78 is 20.5. The Morgan fingerprint density at radius 1 is 1.06 bits per heavy atom. The van der Waals surface area contributed by atoms with Gasteiger partial charge in [-0.05, 0) is 42.1 Å². The molecule has 3 aromatic rings. The van der Waals surface area contributed by atoms with Crippen LogP contribution in [0.4, 0.5) is 14.9 Å². The lowest BCUT2D eigenvalue weighted by atomic mass is 10.1. The number of nitrogens with zero attached hydrogens (tertiary/aromatic N) is 2. The molecule has 0 spiro atoms. The summed E-state index contributed by atoms with van der Waals surface area (Å²) in [4.78, 5) is 37.4. The minimum atomic E-state index is -0.562. The topological polar surface area (TPSA) is 89.8 Å². The number of carbonyl (C=O) groups excluding carboxylic acids is 2. The van der Waals surface area contributed by atoms with Crippen molar-refractivity contribution in [2.45, 2.75) is 13.2 Å². The Morgan fingerprint density at radius 2 is 1.76 bits per heavy atom. The Balaban J connectivity index is 1.58. The summed E-state index contributed by atoms with van der Waals surface area (Å²) in [6.45, 7) is -0.234. The average molecular weight is 543 g/mol. The average Bonchev–Trinajstić information content (AvgIpc) is 3.07. The first-order valence-electron chi connectivity index (χ1n) is 9.97. The van der Waals surface area contributed by atoms with Crippen LogP contribution in [0, 0.1) is 15.9 Å². The normalized spacial score (nSPS) is 14.6. The van der Waals surface area contributed by atoms with Gasteiger partial charge in [0.05, 0.1) is 16.4 Å². The number of nitro benzene ring substituents is 1. The van der Waals surface area contributed by atoms with Gasteiger partial charge in [0.1, 0.15) is 18.2 Å². The van der Waals surface area contributed by atoms with Crippen LogP contribution in [0.2, 0.25) is 0 Å². The van der Waals surface area contributed by atoms with Gasteiger partial charge in [-0.2, -0.15) is 0 Å². The van der Waals surface area contributed by atoms with E-state index in [0.29, 0.717) is 16.9 Å². The Morgan fingerprint density at radius 3 is 2.50 bits per heavy atom. The molecule has 0 unspecified atom stereocenters. The number of rotatable bonds is 7. The molecule has 0 aliphatic carbocycles. The lowest BCUT2D eigenvalue weighted by Crippen LogP contribution is -2.27. The van der Waals surface area contributed by atoms with Crippen LogP contribution >= 0.6 is 27.7 Å². The molecule has 1 heterocycles. The lowest BCUT2D eigenvalue weighted by Gasteiger charge is -2.13. The number of halogens is 2. The maximum atomic E-state index is 13.9. The summed E-state index contributed by atoms with van der Waals surface area (Å²) in [5.41, 5.74) is 0.983. The van der Waals surface area contributed by atoms with Gasteiger partial charge >= 0.3 is 0 Å². The summed E-state index contributed by atoms with van der Waals surface area (Å²) in [6, 6.07) is 17.3. The molecule has 0 atom stereocenters. The van der Waals surface area contributed by atoms with Gasteiger partial charge in [0.2, 0.25) is 0 Å². The fourth-order valence-corrected chi connectivity index (χ4v) is 4.51. The molecule has 1 aliphatic heterocycles. The fourth-order valence-electron chi connectivity index (χ4n) is 3.31. The second-order valence-corrected chi connectivity index (χ2v) is 9.12. The molecule has 0 N–H and O–H groups in total. The number of ether oxygens (including phenoxy) is 1. The van der Waals surface area contributed by atoms with Crippen LogP contribution < -0.4 is 4.74 Å². The molecular weight excluding hydrogens is 527 g/mol. The van der Waals surface area contributed by atoms with Gasteiger partial charge in [0, 0.05) is 27.2 Å². The molecule has 1 saturated heterocycles. The molecule has 2 amide bonds. The number of hydrogen-bond acceptors (Lipinski definition) is 6. The third kappa shape index (κ3) is 5.18. The third-order valence-corrected chi connectivity index (χ3v) is 6.39. The Bertz CT molecular complexity index is 1330. The van der Waals surface area contributed by atoms with E-state index in [1.54, 1.807) is 42.5 Å². The number of hydrogen-bond donors (Lipinski definition) is 0. The van der Waals surface area contributed by atoms with Crippen LogP contribution in [0.15, 0.2) is 76.1 Å². The minimum Gasteiger partial charge on any atom is -0.488 e. The summed E-state index contributed by atoms with van der Waals surface area (Å²) in [7, 11) is 0. The van der Waals surface area contributed by atoms with Gasteiger partial charge in [-0.1, -0.05) is 52.3 Å². The van der Waals surface area contributed by atoms with E-state index in [4.69, 9.17) is 4.74 Å². The minimum absolute atomic E-state index is 0.0195. The van der Waals surface area contributed by atoms with Crippen molar-refractivity contribution in [3.63, 3.8) is 0 Å². The Hall–Kier alpha value is -3.50. The molecule has 0 aromatic heterocycles. The molecule has 1 fully saturated rings. The van der Waals surface area contributed by atoms with Crippen molar-refractivity contribution in [3.05, 3.63) is 109 Å². The number of para-hydroxylation sites is 1. The second kappa shape index (κ2) is 10.2. The molecule has 4 rings (SSSR count). The molecular formula is C24H16BrFN2O5S. The molecule has 7 nitrogen and oxygen atoms in total. The fraction of sp³-hybridized carbons (Fsp3) is 0.0833. The highest BCUT2D eigenvalue weighted by molar-refractivity contribution is 9.10. The van der Waals surface area contributed by atoms with Gasteiger partial charge in [-0.15, -0.1) is 0 Å². The number of imide groups is 1. The third-order valence-electron chi connectivity index (χ3n) is 4.99. The van der Waals surface area contributed by atoms with E-state index < -0.39 is 21.9 Å². The number of nitro groups is 1. The molecule has 172 valence electrons. The zero-order chi connectivity index (χ0) is 24.2. The SMILES string of the molecule is O=C1SC(=Cc2cc(Br)ccc2OCc2ccccc2F)C(=O)N1Cc1ccccc1[N+](=O)[O-].